The molecule has 0 spiro atoms. The molecule has 33 heavy (non-hydrogen) atoms. The second-order valence-corrected chi connectivity index (χ2v) is 10.5. The molecule has 0 saturated carbocycles. The van der Waals surface area contributed by atoms with Gasteiger partial charge in [-0.1, -0.05) is 24.3 Å². The summed E-state index contributed by atoms with van der Waals surface area (Å²) in [5.74, 6) is 1.65. The number of fused-ring (bicyclic) bond motifs is 1. The fourth-order valence-corrected chi connectivity index (χ4v) is 5.32. The summed E-state index contributed by atoms with van der Waals surface area (Å²) >= 11 is 0. The number of carbonyl (C=O) groups excluding carboxylic acids is 1. The van der Waals surface area contributed by atoms with Crippen LogP contribution in [0.3, 0.4) is 0 Å². The molecule has 2 heterocycles. The third-order valence-electron chi connectivity index (χ3n) is 6.10. The smallest absolute Gasteiger partial charge is 0.232 e. The number of nitrogens with zero attached hydrogens (tertiary/aromatic N) is 3. The van der Waals surface area contributed by atoms with Crippen LogP contribution in [0.25, 0.3) is 0 Å². The number of piperazine rings is 1. The van der Waals surface area contributed by atoms with Crippen molar-refractivity contribution in [2.45, 2.75) is 26.3 Å². The number of para-hydroxylation sites is 1. The largest absolute Gasteiger partial charge is 0.454 e. The molecule has 0 bridgehead atoms. The fraction of sp³-hybridized carbons (Fsp3) is 0.458. The van der Waals surface area contributed by atoms with Crippen LogP contribution in [0.15, 0.2) is 42.5 Å². The van der Waals surface area contributed by atoms with E-state index in [9.17, 15) is 13.2 Å². The van der Waals surface area contributed by atoms with E-state index in [0.717, 1.165) is 42.3 Å². The Morgan fingerprint density at radius 3 is 2.48 bits per heavy atom. The highest BCUT2D eigenvalue weighted by atomic mass is 32.2. The maximum Gasteiger partial charge on any atom is 0.232 e. The molecular weight excluding hydrogens is 442 g/mol. The van der Waals surface area contributed by atoms with Crippen LogP contribution in [0.1, 0.15) is 24.0 Å². The molecule has 4 rings (SSSR count). The SMILES string of the molecule is Cc1ccccc1N(CCCC(=O)N1CCN(Cc2ccc3c(c2)OCO3)CC1)S(C)(=O)=O. The Hall–Kier alpha value is -2.78. The van der Waals surface area contributed by atoms with Crippen LogP contribution in [0.2, 0.25) is 0 Å². The van der Waals surface area contributed by atoms with E-state index in [1.807, 2.05) is 48.2 Å². The Morgan fingerprint density at radius 1 is 1.03 bits per heavy atom. The maximum absolute atomic E-state index is 12.7. The summed E-state index contributed by atoms with van der Waals surface area (Å²) in [5.41, 5.74) is 2.73. The maximum atomic E-state index is 12.7. The van der Waals surface area contributed by atoms with Gasteiger partial charge < -0.3 is 14.4 Å². The fourth-order valence-electron chi connectivity index (χ4n) is 4.29. The zero-order valence-corrected chi connectivity index (χ0v) is 20.0. The Balaban J connectivity index is 1.25. The molecule has 1 fully saturated rings. The molecule has 0 N–H and O–H groups in total. The molecule has 0 aliphatic carbocycles. The van der Waals surface area contributed by atoms with Crippen molar-refractivity contribution in [1.82, 2.24) is 9.80 Å². The summed E-state index contributed by atoms with van der Waals surface area (Å²) < 4.78 is 36.9. The molecule has 1 amide bonds. The van der Waals surface area contributed by atoms with Gasteiger partial charge >= 0.3 is 0 Å². The Labute approximate surface area is 195 Å². The van der Waals surface area contributed by atoms with Gasteiger partial charge in [0.25, 0.3) is 0 Å². The van der Waals surface area contributed by atoms with Crippen molar-refractivity contribution in [3.8, 4) is 11.5 Å². The number of aryl methyl sites for hydroxylation is 1. The lowest BCUT2D eigenvalue weighted by molar-refractivity contribution is -0.133. The predicted octanol–water partition coefficient (Wildman–Crippen LogP) is 2.61. The number of carbonyl (C=O) groups is 1. The zero-order chi connectivity index (χ0) is 23.4. The Kier molecular flexibility index (Phi) is 7.09. The Bertz CT molecular complexity index is 1100. The third kappa shape index (κ3) is 5.78. The van der Waals surface area contributed by atoms with Crippen LogP contribution in [0, 0.1) is 6.92 Å². The molecule has 0 atom stereocenters. The lowest BCUT2D eigenvalue weighted by Crippen LogP contribution is -2.48. The second-order valence-electron chi connectivity index (χ2n) is 8.57. The first-order valence-corrected chi connectivity index (χ1v) is 13.1. The van der Waals surface area contributed by atoms with Crippen molar-refractivity contribution in [3.05, 3.63) is 53.6 Å². The normalized spacial score (nSPS) is 16.1. The van der Waals surface area contributed by atoms with Gasteiger partial charge in [0.05, 0.1) is 11.9 Å². The van der Waals surface area contributed by atoms with Crippen molar-refractivity contribution in [3.63, 3.8) is 0 Å². The molecule has 0 unspecified atom stereocenters. The minimum atomic E-state index is -3.42. The van der Waals surface area contributed by atoms with Crippen molar-refractivity contribution >= 4 is 21.6 Å². The first-order valence-electron chi connectivity index (χ1n) is 11.2. The van der Waals surface area contributed by atoms with Crippen LogP contribution >= 0.6 is 0 Å². The van der Waals surface area contributed by atoms with Crippen molar-refractivity contribution < 1.29 is 22.7 Å². The summed E-state index contributed by atoms with van der Waals surface area (Å²) in [6, 6.07) is 13.4. The van der Waals surface area contributed by atoms with Gasteiger partial charge in [-0.05, 0) is 42.7 Å². The average Bonchev–Trinajstić information content (AvgIpc) is 3.25. The van der Waals surface area contributed by atoms with E-state index in [1.54, 1.807) is 6.07 Å². The van der Waals surface area contributed by atoms with Gasteiger partial charge in [0.1, 0.15) is 0 Å². The molecule has 2 aromatic carbocycles. The van der Waals surface area contributed by atoms with Gasteiger partial charge in [-0.25, -0.2) is 8.42 Å². The van der Waals surface area contributed by atoms with Crippen molar-refractivity contribution in [2.24, 2.45) is 0 Å². The second kappa shape index (κ2) is 10.0. The highest BCUT2D eigenvalue weighted by Crippen LogP contribution is 2.33. The van der Waals surface area contributed by atoms with E-state index < -0.39 is 10.0 Å². The molecule has 9 heteroatoms. The van der Waals surface area contributed by atoms with Crippen molar-refractivity contribution in [2.75, 3.05) is 50.1 Å². The lowest BCUT2D eigenvalue weighted by Gasteiger charge is -2.35. The van der Waals surface area contributed by atoms with Crippen LogP contribution in [-0.4, -0.2) is 69.9 Å². The van der Waals surface area contributed by atoms with E-state index in [4.69, 9.17) is 9.47 Å². The van der Waals surface area contributed by atoms with E-state index in [-0.39, 0.29) is 12.7 Å². The highest BCUT2D eigenvalue weighted by Gasteiger charge is 2.23. The molecule has 2 aliphatic rings. The van der Waals surface area contributed by atoms with E-state index >= 15 is 0 Å². The highest BCUT2D eigenvalue weighted by molar-refractivity contribution is 7.92. The minimum Gasteiger partial charge on any atom is -0.454 e. The van der Waals surface area contributed by atoms with E-state index in [2.05, 4.69) is 4.90 Å². The molecule has 8 nitrogen and oxygen atoms in total. The first-order chi connectivity index (χ1) is 15.8. The standard InChI is InChI=1S/C24H31N3O5S/c1-19-6-3-4-7-21(19)27(33(2,29)30)11-5-8-24(28)26-14-12-25(13-15-26)17-20-9-10-22-23(16-20)32-18-31-22/h3-4,6-7,9-10,16H,5,8,11-15,17-18H2,1-2H3. The number of hydrogen-bond donors (Lipinski definition) is 0. The van der Waals surface area contributed by atoms with Crippen LogP contribution in [-0.2, 0) is 21.4 Å². The molecule has 1 saturated heterocycles. The lowest BCUT2D eigenvalue weighted by atomic mass is 10.1. The molecule has 2 aliphatic heterocycles. The van der Waals surface area contributed by atoms with Crippen LogP contribution in [0.5, 0.6) is 11.5 Å². The molecule has 0 radical (unpaired) electrons. The van der Waals surface area contributed by atoms with Gasteiger partial charge in [-0.3, -0.25) is 14.0 Å². The Morgan fingerprint density at radius 2 is 1.76 bits per heavy atom. The van der Waals surface area contributed by atoms with Crippen LogP contribution < -0.4 is 13.8 Å². The monoisotopic (exact) mass is 473 g/mol. The average molecular weight is 474 g/mol. The van der Waals surface area contributed by atoms with Gasteiger partial charge in [0, 0.05) is 45.7 Å². The number of hydrogen-bond acceptors (Lipinski definition) is 6. The number of ether oxygens (including phenoxy) is 2. The third-order valence-corrected chi connectivity index (χ3v) is 7.28. The number of sulfonamides is 1. The van der Waals surface area contributed by atoms with Crippen molar-refractivity contribution in [1.29, 1.82) is 0 Å². The number of rotatable bonds is 8. The number of anilines is 1. The predicted molar refractivity (Wildman–Crippen MR) is 127 cm³/mol. The molecule has 178 valence electrons. The van der Waals surface area contributed by atoms with Gasteiger partial charge in [-0.15, -0.1) is 0 Å². The van der Waals surface area contributed by atoms with Gasteiger partial charge in [0.15, 0.2) is 11.5 Å². The summed E-state index contributed by atoms with van der Waals surface area (Å²) in [6.45, 7) is 6.22. The van der Waals surface area contributed by atoms with E-state index in [0.29, 0.717) is 38.2 Å². The quantitative estimate of drug-likeness (QED) is 0.587. The number of benzene rings is 2. The summed E-state index contributed by atoms with van der Waals surface area (Å²) in [4.78, 5) is 16.9. The van der Waals surface area contributed by atoms with Gasteiger partial charge in [0.2, 0.25) is 22.7 Å². The van der Waals surface area contributed by atoms with Gasteiger partial charge in [-0.2, -0.15) is 0 Å². The topological polar surface area (TPSA) is 79.4 Å². The molecule has 0 aromatic heterocycles. The van der Waals surface area contributed by atoms with Crippen LogP contribution in [0.4, 0.5) is 5.69 Å². The minimum absolute atomic E-state index is 0.0796. The number of amides is 1. The zero-order valence-electron chi connectivity index (χ0n) is 19.2. The summed E-state index contributed by atoms with van der Waals surface area (Å²) in [6.07, 6.45) is 2.03. The van der Waals surface area contributed by atoms with E-state index in [1.165, 1.54) is 10.6 Å². The molecule has 2 aromatic rings. The summed E-state index contributed by atoms with van der Waals surface area (Å²) in [7, 11) is -3.42. The first kappa shape index (κ1) is 23.4. The summed E-state index contributed by atoms with van der Waals surface area (Å²) in [5, 5.41) is 0. The molecular formula is C24H31N3O5S.